The second-order valence-corrected chi connectivity index (χ2v) is 7.40. The van der Waals surface area contributed by atoms with Crippen molar-refractivity contribution in [3.05, 3.63) is 47.7 Å². The van der Waals surface area contributed by atoms with Crippen molar-refractivity contribution in [2.24, 2.45) is 0 Å². The van der Waals surface area contributed by atoms with E-state index in [4.69, 9.17) is 9.47 Å². The molecule has 0 aliphatic heterocycles. The molecule has 0 fully saturated rings. The Kier molecular flexibility index (Phi) is 4.70. The SMILES string of the molecule is COc1ccc(Nc2ccc3[nH]c4c(c3c2)CC(N(C)C)CC4)cc1OC. The van der Waals surface area contributed by atoms with Gasteiger partial charge in [0.1, 0.15) is 0 Å². The van der Waals surface area contributed by atoms with E-state index in [1.54, 1.807) is 14.2 Å². The van der Waals surface area contributed by atoms with Gasteiger partial charge in [-0.05, 0) is 69.3 Å². The molecule has 1 unspecified atom stereocenters. The number of aromatic nitrogens is 1. The van der Waals surface area contributed by atoms with Crippen LogP contribution < -0.4 is 14.8 Å². The first-order valence-corrected chi connectivity index (χ1v) is 9.38. The molecule has 0 amide bonds. The molecule has 5 nitrogen and oxygen atoms in total. The second-order valence-electron chi connectivity index (χ2n) is 7.40. The minimum atomic E-state index is 0.610. The van der Waals surface area contributed by atoms with Crippen LogP contribution in [-0.4, -0.2) is 44.2 Å². The Morgan fingerprint density at radius 2 is 1.74 bits per heavy atom. The van der Waals surface area contributed by atoms with Gasteiger partial charge in [-0.15, -0.1) is 0 Å². The van der Waals surface area contributed by atoms with Crippen LogP contribution in [-0.2, 0) is 12.8 Å². The fourth-order valence-corrected chi connectivity index (χ4v) is 4.00. The van der Waals surface area contributed by atoms with Crippen molar-refractivity contribution in [2.45, 2.75) is 25.3 Å². The first kappa shape index (κ1) is 17.7. The first-order valence-electron chi connectivity index (χ1n) is 9.38. The molecule has 2 aromatic carbocycles. The average molecular weight is 365 g/mol. The number of hydrogen-bond donors (Lipinski definition) is 2. The number of nitrogens with one attached hydrogen (secondary N) is 2. The Morgan fingerprint density at radius 3 is 2.48 bits per heavy atom. The lowest BCUT2D eigenvalue weighted by atomic mass is 9.91. The van der Waals surface area contributed by atoms with Crippen LogP contribution in [0.25, 0.3) is 10.9 Å². The van der Waals surface area contributed by atoms with Crippen molar-refractivity contribution in [3.63, 3.8) is 0 Å². The third-order valence-electron chi connectivity index (χ3n) is 5.56. The predicted octanol–water partition coefficient (Wildman–Crippen LogP) is 4.35. The number of likely N-dealkylation sites (N-methyl/N-ethyl adjacent to an activating group) is 1. The van der Waals surface area contributed by atoms with E-state index in [9.17, 15) is 0 Å². The van der Waals surface area contributed by atoms with E-state index in [0.29, 0.717) is 6.04 Å². The Bertz CT molecular complexity index is 962. The summed E-state index contributed by atoms with van der Waals surface area (Å²) in [6.45, 7) is 0. The first-order chi connectivity index (χ1) is 13.1. The van der Waals surface area contributed by atoms with E-state index in [1.807, 2.05) is 18.2 Å². The highest BCUT2D eigenvalue weighted by atomic mass is 16.5. The van der Waals surface area contributed by atoms with Crippen LogP contribution in [0.3, 0.4) is 0 Å². The quantitative estimate of drug-likeness (QED) is 0.706. The minimum Gasteiger partial charge on any atom is -0.493 e. The molecule has 0 saturated heterocycles. The van der Waals surface area contributed by atoms with Gasteiger partial charge in [-0.2, -0.15) is 0 Å². The molecule has 142 valence electrons. The maximum Gasteiger partial charge on any atom is 0.162 e. The van der Waals surface area contributed by atoms with Crippen molar-refractivity contribution in [2.75, 3.05) is 33.6 Å². The normalized spacial score (nSPS) is 16.4. The van der Waals surface area contributed by atoms with Crippen molar-refractivity contribution in [1.82, 2.24) is 9.88 Å². The molecule has 1 heterocycles. The van der Waals surface area contributed by atoms with Crippen molar-refractivity contribution >= 4 is 22.3 Å². The summed E-state index contributed by atoms with van der Waals surface area (Å²) in [5.74, 6) is 1.45. The van der Waals surface area contributed by atoms with Gasteiger partial charge in [-0.3, -0.25) is 0 Å². The minimum absolute atomic E-state index is 0.610. The molecule has 0 radical (unpaired) electrons. The molecule has 1 atom stereocenters. The van der Waals surface area contributed by atoms with Gasteiger partial charge in [-0.1, -0.05) is 0 Å². The van der Waals surface area contributed by atoms with Crippen LogP contribution in [0.1, 0.15) is 17.7 Å². The molecule has 4 rings (SSSR count). The maximum atomic E-state index is 5.41. The molecule has 5 heteroatoms. The monoisotopic (exact) mass is 365 g/mol. The summed E-state index contributed by atoms with van der Waals surface area (Å²) in [5.41, 5.74) is 6.13. The fraction of sp³-hybridized carbons (Fsp3) is 0.364. The van der Waals surface area contributed by atoms with Gasteiger partial charge in [0.15, 0.2) is 11.5 Å². The molecular weight excluding hydrogens is 338 g/mol. The van der Waals surface area contributed by atoms with Crippen LogP contribution in [0.5, 0.6) is 11.5 Å². The largest absolute Gasteiger partial charge is 0.493 e. The molecular formula is C22H27N3O2. The zero-order valence-corrected chi connectivity index (χ0v) is 16.4. The number of nitrogens with zero attached hydrogens (tertiary/aromatic N) is 1. The number of rotatable bonds is 5. The summed E-state index contributed by atoms with van der Waals surface area (Å²) in [7, 11) is 7.65. The average Bonchev–Trinajstić information content (AvgIpc) is 3.05. The Morgan fingerprint density at radius 1 is 1.00 bits per heavy atom. The summed E-state index contributed by atoms with van der Waals surface area (Å²) in [5, 5.41) is 4.81. The molecule has 1 aliphatic carbocycles. The highest BCUT2D eigenvalue weighted by Gasteiger charge is 2.23. The third-order valence-corrected chi connectivity index (χ3v) is 5.56. The summed E-state index contributed by atoms with van der Waals surface area (Å²) < 4.78 is 10.7. The Balaban J connectivity index is 1.65. The van der Waals surface area contributed by atoms with Gasteiger partial charge in [0.25, 0.3) is 0 Å². The van der Waals surface area contributed by atoms with Crippen LogP contribution in [0.4, 0.5) is 11.4 Å². The van der Waals surface area contributed by atoms with E-state index < -0.39 is 0 Å². The highest BCUT2D eigenvalue weighted by Crippen LogP contribution is 2.34. The lowest BCUT2D eigenvalue weighted by Gasteiger charge is -2.28. The topological polar surface area (TPSA) is 49.5 Å². The number of benzene rings is 2. The van der Waals surface area contributed by atoms with Crippen molar-refractivity contribution in [3.8, 4) is 11.5 Å². The molecule has 0 bridgehead atoms. The number of fused-ring (bicyclic) bond motifs is 3. The van der Waals surface area contributed by atoms with Gasteiger partial charge in [0.05, 0.1) is 14.2 Å². The second kappa shape index (κ2) is 7.16. The lowest BCUT2D eigenvalue weighted by Crippen LogP contribution is -2.33. The molecule has 1 aromatic heterocycles. The molecule has 27 heavy (non-hydrogen) atoms. The molecule has 0 spiro atoms. The maximum absolute atomic E-state index is 5.41. The van der Waals surface area contributed by atoms with E-state index >= 15 is 0 Å². The number of hydrogen-bond acceptors (Lipinski definition) is 4. The lowest BCUT2D eigenvalue weighted by molar-refractivity contribution is 0.268. The molecule has 0 saturated carbocycles. The number of methoxy groups -OCH3 is 2. The van der Waals surface area contributed by atoms with Crippen LogP contribution in [0.15, 0.2) is 36.4 Å². The van der Waals surface area contributed by atoms with Gasteiger partial charge < -0.3 is 24.7 Å². The Hall–Kier alpha value is -2.66. The van der Waals surface area contributed by atoms with Gasteiger partial charge in [-0.25, -0.2) is 0 Å². The van der Waals surface area contributed by atoms with Crippen LogP contribution in [0.2, 0.25) is 0 Å². The van der Waals surface area contributed by atoms with Gasteiger partial charge in [0.2, 0.25) is 0 Å². The summed E-state index contributed by atoms with van der Waals surface area (Å²) in [6.07, 6.45) is 3.43. The van der Waals surface area contributed by atoms with E-state index in [-0.39, 0.29) is 0 Å². The van der Waals surface area contributed by atoms with Gasteiger partial charge >= 0.3 is 0 Å². The fourth-order valence-electron chi connectivity index (χ4n) is 4.00. The molecule has 2 N–H and O–H groups in total. The highest BCUT2D eigenvalue weighted by molar-refractivity contribution is 5.89. The van der Waals surface area contributed by atoms with E-state index in [0.717, 1.165) is 35.7 Å². The summed E-state index contributed by atoms with van der Waals surface area (Å²) >= 11 is 0. The third kappa shape index (κ3) is 3.35. The van der Waals surface area contributed by atoms with Crippen LogP contribution in [0, 0.1) is 0 Å². The Labute approximate surface area is 160 Å². The van der Waals surface area contributed by atoms with Crippen molar-refractivity contribution < 1.29 is 9.47 Å². The zero-order chi connectivity index (χ0) is 19.0. The number of anilines is 2. The molecule has 3 aromatic rings. The van der Waals surface area contributed by atoms with Crippen LogP contribution >= 0.6 is 0 Å². The van der Waals surface area contributed by atoms with E-state index in [2.05, 4.69) is 47.5 Å². The number of aromatic amines is 1. The number of aryl methyl sites for hydroxylation is 1. The summed E-state index contributed by atoms with van der Waals surface area (Å²) in [6, 6.07) is 13.0. The zero-order valence-electron chi connectivity index (χ0n) is 16.4. The van der Waals surface area contributed by atoms with Gasteiger partial charge in [0, 0.05) is 40.1 Å². The summed E-state index contributed by atoms with van der Waals surface area (Å²) in [4.78, 5) is 5.96. The smallest absolute Gasteiger partial charge is 0.162 e. The van der Waals surface area contributed by atoms with Crippen molar-refractivity contribution in [1.29, 1.82) is 0 Å². The number of H-pyrrole nitrogens is 1. The molecule has 1 aliphatic rings. The standard InChI is InChI=1S/C22H27N3O2/c1-25(2)16-7-9-20-18(13-16)17-11-14(5-8-19(17)24-20)23-15-6-10-21(26-3)22(12-15)27-4/h5-6,8,10-12,16,23-24H,7,9,13H2,1-4H3. The number of ether oxygens (including phenoxy) is 2. The predicted molar refractivity (Wildman–Crippen MR) is 111 cm³/mol. The van der Waals surface area contributed by atoms with E-state index in [1.165, 1.54) is 28.6 Å².